The van der Waals surface area contributed by atoms with Crippen molar-refractivity contribution in [2.24, 2.45) is 0 Å². The lowest BCUT2D eigenvalue weighted by atomic mass is 10.1. The molecule has 1 heterocycles. The Morgan fingerprint density at radius 3 is 2.85 bits per heavy atom. The Hall–Kier alpha value is -1.81. The van der Waals surface area contributed by atoms with Gasteiger partial charge in [0.1, 0.15) is 5.52 Å². The number of fused-ring (bicyclic) bond motifs is 1. The Balaban J connectivity index is 1.85. The second kappa shape index (κ2) is 5.29. The molecule has 102 valence electrons. The lowest BCUT2D eigenvalue weighted by molar-refractivity contribution is 0.561. The Morgan fingerprint density at radius 1 is 1.20 bits per heavy atom. The predicted molar refractivity (Wildman–Crippen MR) is 84.9 cm³/mol. The van der Waals surface area contributed by atoms with Crippen LogP contribution in [-0.4, -0.2) is 4.98 Å². The first-order valence-corrected chi connectivity index (χ1v) is 7.30. The van der Waals surface area contributed by atoms with Crippen LogP contribution in [-0.2, 0) is 0 Å². The minimum absolute atomic E-state index is 0.220. The van der Waals surface area contributed by atoms with E-state index in [1.807, 2.05) is 37.3 Å². The Bertz CT molecular complexity index is 751. The van der Waals surface area contributed by atoms with E-state index in [1.165, 1.54) is 5.56 Å². The van der Waals surface area contributed by atoms with Crippen LogP contribution >= 0.6 is 15.9 Å². The minimum Gasteiger partial charge on any atom is -0.441 e. The Labute approximate surface area is 126 Å². The fraction of sp³-hybridized carbons (Fsp3) is 0.188. The number of aromatic nitrogens is 1. The number of halogens is 1. The average molecular weight is 331 g/mol. The van der Waals surface area contributed by atoms with E-state index < -0.39 is 0 Å². The second-order valence-corrected chi connectivity index (χ2v) is 5.75. The zero-order valence-corrected chi connectivity index (χ0v) is 12.9. The molecular weight excluding hydrogens is 316 g/mol. The maximum Gasteiger partial charge on any atom is 0.192 e. The topological polar surface area (TPSA) is 38.1 Å². The molecular formula is C16H15BrN2O. The van der Waals surface area contributed by atoms with Gasteiger partial charge in [-0.25, -0.2) is 4.98 Å². The SMILES string of the molecule is Cc1nc2cc(NC(C)c3cccc(Br)c3)ccc2o1. The highest BCUT2D eigenvalue weighted by Gasteiger charge is 2.08. The number of nitrogens with zero attached hydrogens (tertiary/aromatic N) is 1. The molecule has 0 saturated heterocycles. The molecule has 0 aliphatic heterocycles. The third-order valence-corrected chi connectivity index (χ3v) is 3.72. The molecule has 0 bridgehead atoms. The zero-order valence-electron chi connectivity index (χ0n) is 11.4. The molecule has 0 spiro atoms. The molecule has 3 rings (SSSR count). The van der Waals surface area contributed by atoms with Crippen LogP contribution in [0.2, 0.25) is 0 Å². The van der Waals surface area contributed by atoms with Crippen molar-refractivity contribution in [1.29, 1.82) is 0 Å². The van der Waals surface area contributed by atoms with Crippen molar-refractivity contribution >= 4 is 32.7 Å². The van der Waals surface area contributed by atoms with Crippen LogP contribution in [0.1, 0.15) is 24.4 Å². The van der Waals surface area contributed by atoms with Gasteiger partial charge in [-0.1, -0.05) is 28.1 Å². The summed E-state index contributed by atoms with van der Waals surface area (Å²) in [5, 5.41) is 3.48. The number of rotatable bonds is 3. The molecule has 3 aromatic rings. The van der Waals surface area contributed by atoms with Gasteiger partial charge >= 0.3 is 0 Å². The third kappa shape index (κ3) is 2.70. The van der Waals surface area contributed by atoms with E-state index in [2.05, 4.69) is 45.3 Å². The molecule has 1 N–H and O–H groups in total. The normalized spacial score (nSPS) is 12.6. The number of anilines is 1. The van der Waals surface area contributed by atoms with Gasteiger partial charge in [0, 0.05) is 23.1 Å². The summed E-state index contributed by atoms with van der Waals surface area (Å²) in [5.74, 6) is 0.692. The van der Waals surface area contributed by atoms with Gasteiger partial charge in [0.15, 0.2) is 11.5 Å². The van der Waals surface area contributed by atoms with E-state index >= 15 is 0 Å². The number of oxazole rings is 1. The Morgan fingerprint density at radius 2 is 2.05 bits per heavy atom. The molecule has 20 heavy (non-hydrogen) atoms. The molecule has 4 heteroatoms. The van der Waals surface area contributed by atoms with Gasteiger partial charge in [-0.15, -0.1) is 0 Å². The van der Waals surface area contributed by atoms with E-state index in [9.17, 15) is 0 Å². The molecule has 3 nitrogen and oxygen atoms in total. The summed E-state index contributed by atoms with van der Waals surface area (Å²) in [7, 11) is 0. The van der Waals surface area contributed by atoms with Gasteiger partial charge in [0.05, 0.1) is 0 Å². The predicted octanol–water partition coefficient (Wildman–Crippen LogP) is 5.07. The van der Waals surface area contributed by atoms with Crippen LogP contribution in [0, 0.1) is 6.92 Å². The minimum atomic E-state index is 0.220. The van der Waals surface area contributed by atoms with Crippen molar-refractivity contribution in [3.05, 3.63) is 58.4 Å². The van der Waals surface area contributed by atoms with Gasteiger partial charge in [-0.05, 0) is 42.8 Å². The quantitative estimate of drug-likeness (QED) is 0.728. The molecule has 0 fully saturated rings. The number of hydrogen-bond donors (Lipinski definition) is 1. The highest BCUT2D eigenvalue weighted by molar-refractivity contribution is 9.10. The van der Waals surface area contributed by atoms with Crippen LogP contribution < -0.4 is 5.32 Å². The van der Waals surface area contributed by atoms with Crippen LogP contribution in [0.5, 0.6) is 0 Å². The Kier molecular flexibility index (Phi) is 3.49. The fourth-order valence-electron chi connectivity index (χ4n) is 2.24. The summed E-state index contributed by atoms with van der Waals surface area (Å²) in [6.07, 6.45) is 0. The van der Waals surface area contributed by atoms with Crippen molar-refractivity contribution in [3.8, 4) is 0 Å². The van der Waals surface area contributed by atoms with Crippen LogP contribution in [0.4, 0.5) is 5.69 Å². The summed E-state index contributed by atoms with van der Waals surface area (Å²) in [6.45, 7) is 4.00. The summed E-state index contributed by atoms with van der Waals surface area (Å²) >= 11 is 3.50. The highest BCUT2D eigenvalue weighted by atomic mass is 79.9. The van der Waals surface area contributed by atoms with Gasteiger partial charge in [0.2, 0.25) is 0 Å². The van der Waals surface area contributed by atoms with Crippen LogP contribution in [0.15, 0.2) is 51.4 Å². The zero-order chi connectivity index (χ0) is 14.1. The van der Waals surface area contributed by atoms with Crippen molar-refractivity contribution in [1.82, 2.24) is 4.98 Å². The first-order chi connectivity index (χ1) is 9.61. The third-order valence-electron chi connectivity index (χ3n) is 3.23. The van der Waals surface area contributed by atoms with Gasteiger partial charge in [-0.2, -0.15) is 0 Å². The van der Waals surface area contributed by atoms with E-state index in [4.69, 9.17) is 4.42 Å². The van der Waals surface area contributed by atoms with Gasteiger partial charge in [0.25, 0.3) is 0 Å². The largest absolute Gasteiger partial charge is 0.441 e. The molecule has 0 radical (unpaired) electrons. The van der Waals surface area contributed by atoms with Crippen molar-refractivity contribution < 1.29 is 4.42 Å². The summed E-state index contributed by atoms with van der Waals surface area (Å²) in [6, 6.07) is 14.5. The van der Waals surface area contributed by atoms with Crippen LogP contribution in [0.25, 0.3) is 11.1 Å². The molecule has 0 aliphatic rings. The lowest BCUT2D eigenvalue weighted by Crippen LogP contribution is -2.06. The molecule has 2 aromatic carbocycles. The second-order valence-electron chi connectivity index (χ2n) is 4.84. The van der Waals surface area contributed by atoms with Crippen LogP contribution in [0.3, 0.4) is 0 Å². The number of aryl methyl sites for hydroxylation is 1. The molecule has 0 aliphatic carbocycles. The van der Waals surface area contributed by atoms with Crippen molar-refractivity contribution in [2.75, 3.05) is 5.32 Å². The molecule has 1 atom stereocenters. The number of nitrogens with one attached hydrogen (secondary N) is 1. The highest BCUT2D eigenvalue weighted by Crippen LogP contribution is 2.25. The first-order valence-electron chi connectivity index (χ1n) is 6.51. The summed E-state index contributed by atoms with van der Waals surface area (Å²) < 4.78 is 6.57. The summed E-state index contributed by atoms with van der Waals surface area (Å²) in [4.78, 5) is 4.35. The monoisotopic (exact) mass is 330 g/mol. The van der Waals surface area contributed by atoms with E-state index in [-0.39, 0.29) is 6.04 Å². The lowest BCUT2D eigenvalue weighted by Gasteiger charge is -2.15. The smallest absolute Gasteiger partial charge is 0.192 e. The van der Waals surface area contributed by atoms with Gasteiger partial charge in [-0.3, -0.25) is 0 Å². The maximum absolute atomic E-state index is 5.48. The van der Waals surface area contributed by atoms with E-state index in [1.54, 1.807) is 0 Å². The number of hydrogen-bond acceptors (Lipinski definition) is 3. The molecule has 0 amide bonds. The van der Waals surface area contributed by atoms with E-state index in [0.717, 1.165) is 21.3 Å². The summed E-state index contributed by atoms with van der Waals surface area (Å²) in [5.41, 5.74) is 3.98. The molecule has 1 aromatic heterocycles. The van der Waals surface area contributed by atoms with Crippen molar-refractivity contribution in [2.45, 2.75) is 19.9 Å². The van der Waals surface area contributed by atoms with E-state index in [0.29, 0.717) is 5.89 Å². The number of benzene rings is 2. The van der Waals surface area contributed by atoms with Crippen molar-refractivity contribution in [3.63, 3.8) is 0 Å². The molecule has 1 unspecified atom stereocenters. The molecule has 0 saturated carbocycles. The first kappa shape index (κ1) is 13.2. The average Bonchev–Trinajstić information content (AvgIpc) is 2.78. The standard InChI is InChI=1S/C16H15BrN2O/c1-10(12-4-3-5-13(17)8-12)18-14-6-7-16-15(9-14)19-11(2)20-16/h3-10,18H,1-2H3. The maximum atomic E-state index is 5.48. The fourth-order valence-corrected chi connectivity index (χ4v) is 2.66. The van der Waals surface area contributed by atoms with Gasteiger partial charge < -0.3 is 9.73 Å².